The van der Waals surface area contributed by atoms with E-state index >= 15 is 0 Å². The third-order valence-corrected chi connectivity index (χ3v) is 3.51. The molecule has 0 fully saturated rings. The van der Waals surface area contributed by atoms with Gasteiger partial charge in [-0.1, -0.05) is 42.8 Å². The maximum atomic E-state index is 6.20. The minimum Gasteiger partial charge on any atom is -0.308 e. The quantitative estimate of drug-likeness (QED) is 0.919. The number of hydrogen-bond donors (Lipinski definition) is 1. The van der Waals surface area contributed by atoms with Crippen LogP contribution in [0.2, 0.25) is 5.02 Å². The van der Waals surface area contributed by atoms with E-state index in [-0.39, 0.29) is 6.04 Å². The van der Waals surface area contributed by atoms with Crippen molar-refractivity contribution in [3.8, 4) is 0 Å². The number of aryl methyl sites for hydroxylation is 2. The van der Waals surface area contributed by atoms with Crippen molar-refractivity contribution in [2.24, 2.45) is 7.05 Å². The molecule has 96 valence electrons. The van der Waals surface area contributed by atoms with Crippen LogP contribution in [0.1, 0.15) is 29.8 Å². The first-order valence-electron chi connectivity index (χ1n) is 6.10. The van der Waals surface area contributed by atoms with E-state index in [0.717, 1.165) is 12.1 Å². The van der Waals surface area contributed by atoms with E-state index in [0.29, 0.717) is 5.02 Å². The van der Waals surface area contributed by atoms with E-state index in [1.807, 2.05) is 18.8 Å². The summed E-state index contributed by atoms with van der Waals surface area (Å²) in [6.07, 6.45) is 2.73. The zero-order valence-electron chi connectivity index (χ0n) is 10.9. The molecule has 0 aliphatic rings. The highest BCUT2D eigenvalue weighted by Gasteiger charge is 2.19. The molecule has 1 heterocycles. The van der Waals surface area contributed by atoms with E-state index in [9.17, 15) is 0 Å². The van der Waals surface area contributed by atoms with Gasteiger partial charge in [0.25, 0.3) is 0 Å². The van der Waals surface area contributed by atoms with Gasteiger partial charge in [-0.2, -0.15) is 5.10 Å². The smallest absolute Gasteiger partial charge is 0.0837 e. The fourth-order valence-electron chi connectivity index (χ4n) is 2.15. The summed E-state index contributed by atoms with van der Waals surface area (Å²) in [5.41, 5.74) is 3.52. The van der Waals surface area contributed by atoms with Gasteiger partial charge < -0.3 is 5.32 Å². The third-order valence-electron chi connectivity index (χ3n) is 3.22. The summed E-state index contributed by atoms with van der Waals surface area (Å²) in [5, 5.41) is 8.17. The fourth-order valence-corrected chi connectivity index (χ4v) is 2.43. The first-order chi connectivity index (χ1) is 8.67. The van der Waals surface area contributed by atoms with Crippen molar-refractivity contribution in [3.05, 3.63) is 52.3 Å². The monoisotopic (exact) mass is 263 g/mol. The topological polar surface area (TPSA) is 29.9 Å². The van der Waals surface area contributed by atoms with E-state index in [2.05, 4.69) is 41.6 Å². The van der Waals surface area contributed by atoms with Crippen molar-refractivity contribution in [1.29, 1.82) is 0 Å². The van der Waals surface area contributed by atoms with E-state index in [1.54, 1.807) is 6.20 Å². The van der Waals surface area contributed by atoms with Crippen molar-refractivity contribution in [2.75, 3.05) is 7.05 Å². The Balaban J connectivity index is 2.39. The summed E-state index contributed by atoms with van der Waals surface area (Å²) in [4.78, 5) is 0. The maximum absolute atomic E-state index is 6.20. The zero-order chi connectivity index (χ0) is 13.1. The normalized spacial score (nSPS) is 12.7. The number of rotatable bonds is 4. The standard InChI is InChI=1S/C14H18ClN3/c1-4-10-5-7-11(8-6-10)13(16-2)14-12(15)9-17-18(14)3/h5-9,13,16H,4H2,1-3H3. The summed E-state index contributed by atoms with van der Waals surface area (Å²) < 4.78 is 1.82. The second-order valence-corrected chi connectivity index (χ2v) is 4.73. The van der Waals surface area contributed by atoms with Gasteiger partial charge in [0.1, 0.15) is 0 Å². The largest absolute Gasteiger partial charge is 0.308 e. The number of benzene rings is 1. The summed E-state index contributed by atoms with van der Waals surface area (Å²) in [5.74, 6) is 0. The lowest BCUT2D eigenvalue weighted by molar-refractivity contribution is 0.606. The summed E-state index contributed by atoms with van der Waals surface area (Å²) in [6, 6.07) is 8.66. The molecule has 18 heavy (non-hydrogen) atoms. The van der Waals surface area contributed by atoms with Crippen LogP contribution in [0.3, 0.4) is 0 Å². The summed E-state index contributed by atoms with van der Waals surface area (Å²) in [6.45, 7) is 2.16. The SMILES string of the molecule is CCc1ccc(C(NC)c2c(Cl)cnn2C)cc1. The van der Waals surface area contributed by atoms with Crippen LogP contribution in [-0.2, 0) is 13.5 Å². The van der Waals surface area contributed by atoms with Gasteiger partial charge in [0, 0.05) is 7.05 Å². The van der Waals surface area contributed by atoms with Gasteiger partial charge in [0.05, 0.1) is 23.0 Å². The Morgan fingerprint density at radius 2 is 2.00 bits per heavy atom. The van der Waals surface area contributed by atoms with Gasteiger partial charge in [-0.15, -0.1) is 0 Å². The van der Waals surface area contributed by atoms with Gasteiger partial charge in [-0.05, 0) is 24.6 Å². The van der Waals surface area contributed by atoms with Crippen molar-refractivity contribution in [3.63, 3.8) is 0 Å². The molecule has 1 N–H and O–H groups in total. The molecule has 2 aromatic rings. The molecule has 4 heteroatoms. The molecule has 3 nitrogen and oxygen atoms in total. The molecule has 2 rings (SSSR count). The zero-order valence-corrected chi connectivity index (χ0v) is 11.7. The lowest BCUT2D eigenvalue weighted by Gasteiger charge is -2.18. The molecule has 0 spiro atoms. The Kier molecular flexibility index (Phi) is 4.04. The van der Waals surface area contributed by atoms with Crippen LogP contribution in [0.4, 0.5) is 0 Å². The molecule has 1 aromatic heterocycles. The molecule has 0 bridgehead atoms. The Morgan fingerprint density at radius 3 is 2.44 bits per heavy atom. The molecule has 0 radical (unpaired) electrons. The lowest BCUT2D eigenvalue weighted by atomic mass is 10.0. The van der Waals surface area contributed by atoms with Crippen LogP contribution < -0.4 is 5.32 Å². The number of nitrogens with one attached hydrogen (secondary N) is 1. The molecule has 0 aliphatic heterocycles. The minimum atomic E-state index is 0.0657. The van der Waals surface area contributed by atoms with Crippen LogP contribution in [-0.4, -0.2) is 16.8 Å². The predicted octanol–water partition coefficient (Wildman–Crippen LogP) is 2.94. The number of hydrogen-bond acceptors (Lipinski definition) is 2. The van der Waals surface area contributed by atoms with Crippen LogP contribution in [0.25, 0.3) is 0 Å². The molecular formula is C14H18ClN3. The molecule has 0 saturated heterocycles. The Bertz CT molecular complexity index is 497. The lowest BCUT2D eigenvalue weighted by Crippen LogP contribution is -2.21. The van der Waals surface area contributed by atoms with Crippen molar-refractivity contribution < 1.29 is 0 Å². The second-order valence-electron chi connectivity index (χ2n) is 4.32. The van der Waals surface area contributed by atoms with E-state index in [1.165, 1.54) is 11.1 Å². The first kappa shape index (κ1) is 13.1. The van der Waals surface area contributed by atoms with E-state index in [4.69, 9.17) is 11.6 Å². The van der Waals surface area contributed by atoms with Gasteiger partial charge in [-0.25, -0.2) is 0 Å². The van der Waals surface area contributed by atoms with Crippen molar-refractivity contribution in [1.82, 2.24) is 15.1 Å². The summed E-state index contributed by atoms with van der Waals surface area (Å²) >= 11 is 6.20. The highest BCUT2D eigenvalue weighted by atomic mass is 35.5. The van der Waals surface area contributed by atoms with Gasteiger partial charge in [-0.3, -0.25) is 4.68 Å². The second kappa shape index (κ2) is 5.55. The summed E-state index contributed by atoms with van der Waals surface area (Å²) in [7, 11) is 3.84. The van der Waals surface area contributed by atoms with E-state index < -0.39 is 0 Å². The average molecular weight is 264 g/mol. The van der Waals surface area contributed by atoms with Crippen LogP contribution >= 0.6 is 11.6 Å². The van der Waals surface area contributed by atoms with Gasteiger partial charge in [0.2, 0.25) is 0 Å². The van der Waals surface area contributed by atoms with Gasteiger partial charge in [0.15, 0.2) is 0 Å². The van der Waals surface area contributed by atoms with Crippen LogP contribution in [0.15, 0.2) is 30.5 Å². The number of aromatic nitrogens is 2. The molecule has 0 aliphatic carbocycles. The molecular weight excluding hydrogens is 246 g/mol. The highest BCUT2D eigenvalue weighted by molar-refractivity contribution is 6.31. The molecule has 0 amide bonds. The Hall–Kier alpha value is -1.32. The average Bonchev–Trinajstić information content (AvgIpc) is 2.72. The van der Waals surface area contributed by atoms with Crippen LogP contribution in [0, 0.1) is 0 Å². The molecule has 0 saturated carbocycles. The molecule has 1 aromatic carbocycles. The predicted molar refractivity (Wildman–Crippen MR) is 74.9 cm³/mol. The van der Waals surface area contributed by atoms with Crippen LogP contribution in [0.5, 0.6) is 0 Å². The third kappa shape index (κ3) is 2.42. The molecule has 1 atom stereocenters. The fraction of sp³-hybridized carbons (Fsp3) is 0.357. The highest BCUT2D eigenvalue weighted by Crippen LogP contribution is 2.27. The number of nitrogens with zero attached hydrogens (tertiary/aromatic N) is 2. The van der Waals surface area contributed by atoms with Crippen molar-refractivity contribution >= 4 is 11.6 Å². The van der Waals surface area contributed by atoms with Gasteiger partial charge >= 0.3 is 0 Å². The molecule has 1 unspecified atom stereocenters. The Morgan fingerprint density at radius 1 is 1.33 bits per heavy atom. The van der Waals surface area contributed by atoms with Crippen molar-refractivity contribution in [2.45, 2.75) is 19.4 Å². The minimum absolute atomic E-state index is 0.0657. The number of halogens is 1. The first-order valence-corrected chi connectivity index (χ1v) is 6.48. The maximum Gasteiger partial charge on any atom is 0.0837 e. The Labute approximate surface area is 113 Å².